The standard InChI is InChI=1S/C12H23N/c1-5-12(2,3)11(13-4)10-8-6-7-9-10/h8,11,13H,5-7,9H2,1-4H3. The summed E-state index contributed by atoms with van der Waals surface area (Å²) in [5.41, 5.74) is 2.03. The summed E-state index contributed by atoms with van der Waals surface area (Å²) in [6.45, 7) is 6.99. The van der Waals surface area contributed by atoms with Crippen LogP contribution in [0.1, 0.15) is 46.5 Å². The normalized spacial score (nSPS) is 20.2. The molecule has 0 fully saturated rings. The predicted octanol–water partition coefficient (Wildman–Crippen LogP) is 3.12. The number of hydrogen-bond acceptors (Lipinski definition) is 1. The largest absolute Gasteiger partial charge is 0.313 e. The van der Waals surface area contributed by atoms with Gasteiger partial charge in [0.25, 0.3) is 0 Å². The van der Waals surface area contributed by atoms with Gasteiger partial charge in [0.2, 0.25) is 0 Å². The predicted molar refractivity (Wildman–Crippen MR) is 58.9 cm³/mol. The molecule has 0 aromatic heterocycles. The molecule has 1 unspecified atom stereocenters. The highest BCUT2D eigenvalue weighted by molar-refractivity contribution is 5.18. The van der Waals surface area contributed by atoms with Crippen molar-refractivity contribution >= 4 is 0 Å². The molecule has 0 aromatic rings. The summed E-state index contributed by atoms with van der Waals surface area (Å²) in [6, 6.07) is 0.583. The van der Waals surface area contributed by atoms with E-state index in [1.807, 2.05) is 0 Å². The molecular formula is C12H23N. The summed E-state index contributed by atoms with van der Waals surface area (Å²) in [6.07, 6.45) is 7.60. The van der Waals surface area contributed by atoms with Crippen molar-refractivity contribution in [3.63, 3.8) is 0 Å². The molecule has 0 heterocycles. The third kappa shape index (κ3) is 2.34. The molecule has 0 aliphatic heterocycles. The number of allylic oxidation sites excluding steroid dienone is 1. The van der Waals surface area contributed by atoms with Crippen LogP contribution in [0.5, 0.6) is 0 Å². The second-order valence-electron chi connectivity index (χ2n) is 4.74. The SMILES string of the molecule is CCC(C)(C)C(NC)C1=CCCC1. The zero-order valence-electron chi connectivity index (χ0n) is 9.48. The van der Waals surface area contributed by atoms with E-state index in [9.17, 15) is 0 Å². The van der Waals surface area contributed by atoms with Crippen LogP contribution in [0.3, 0.4) is 0 Å². The van der Waals surface area contributed by atoms with Gasteiger partial charge < -0.3 is 5.32 Å². The zero-order valence-corrected chi connectivity index (χ0v) is 9.48. The Morgan fingerprint density at radius 1 is 1.54 bits per heavy atom. The van der Waals surface area contributed by atoms with Gasteiger partial charge in [-0.15, -0.1) is 0 Å². The lowest BCUT2D eigenvalue weighted by molar-refractivity contribution is 0.268. The summed E-state index contributed by atoms with van der Waals surface area (Å²) in [4.78, 5) is 0. The van der Waals surface area contributed by atoms with Gasteiger partial charge in [-0.05, 0) is 38.1 Å². The van der Waals surface area contributed by atoms with Crippen LogP contribution in [0.4, 0.5) is 0 Å². The molecule has 13 heavy (non-hydrogen) atoms. The first kappa shape index (κ1) is 10.8. The van der Waals surface area contributed by atoms with Crippen LogP contribution in [0.2, 0.25) is 0 Å². The molecule has 0 spiro atoms. The van der Waals surface area contributed by atoms with E-state index in [1.165, 1.54) is 25.7 Å². The van der Waals surface area contributed by atoms with Crippen molar-refractivity contribution in [2.24, 2.45) is 5.41 Å². The quantitative estimate of drug-likeness (QED) is 0.657. The van der Waals surface area contributed by atoms with E-state index < -0.39 is 0 Å². The van der Waals surface area contributed by atoms with Crippen LogP contribution in [0.15, 0.2) is 11.6 Å². The number of likely N-dealkylation sites (N-methyl/N-ethyl adjacent to an activating group) is 1. The Balaban J connectivity index is 2.71. The molecule has 1 rings (SSSR count). The summed E-state index contributed by atoms with van der Waals surface area (Å²) in [5.74, 6) is 0. The van der Waals surface area contributed by atoms with Gasteiger partial charge in [-0.2, -0.15) is 0 Å². The lowest BCUT2D eigenvalue weighted by Gasteiger charge is -2.34. The van der Waals surface area contributed by atoms with Gasteiger partial charge in [0, 0.05) is 6.04 Å². The molecule has 1 heteroatoms. The fourth-order valence-corrected chi connectivity index (χ4v) is 2.24. The first-order valence-electron chi connectivity index (χ1n) is 5.48. The van der Waals surface area contributed by atoms with E-state index in [-0.39, 0.29) is 0 Å². The molecule has 76 valence electrons. The molecule has 1 aliphatic carbocycles. The van der Waals surface area contributed by atoms with Gasteiger partial charge in [-0.1, -0.05) is 32.4 Å². The maximum atomic E-state index is 3.47. The average molecular weight is 181 g/mol. The molecule has 1 atom stereocenters. The molecule has 1 aliphatic rings. The van der Waals surface area contributed by atoms with Crippen LogP contribution < -0.4 is 5.32 Å². The topological polar surface area (TPSA) is 12.0 Å². The highest BCUT2D eigenvalue weighted by Crippen LogP contribution is 2.33. The Labute approximate surface area is 82.6 Å². The van der Waals surface area contributed by atoms with Gasteiger partial charge in [0.15, 0.2) is 0 Å². The van der Waals surface area contributed by atoms with Crippen molar-refractivity contribution in [1.29, 1.82) is 0 Å². The van der Waals surface area contributed by atoms with E-state index in [2.05, 4.69) is 39.2 Å². The van der Waals surface area contributed by atoms with Gasteiger partial charge in [-0.25, -0.2) is 0 Å². The minimum Gasteiger partial charge on any atom is -0.313 e. The minimum absolute atomic E-state index is 0.394. The second-order valence-corrected chi connectivity index (χ2v) is 4.74. The van der Waals surface area contributed by atoms with Crippen LogP contribution in [-0.2, 0) is 0 Å². The van der Waals surface area contributed by atoms with E-state index in [0.717, 1.165) is 0 Å². The Kier molecular flexibility index (Phi) is 3.55. The Bertz CT molecular complexity index is 191. The van der Waals surface area contributed by atoms with E-state index in [4.69, 9.17) is 0 Å². The second kappa shape index (κ2) is 4.28. The van der Waals surface area contributed by atoms with Crippen LogP contribution >= 0.6 is 0 Å². The van der Waals surface area contributed by atoms with E-state index >= 15 is 0 Å². The Morgan fingerprint density at radius 2 is 2.23 bits per heavy atom. The smallest absolute Gasteiger partial charge is 0.0328 e. The van der Waals surface area contributed by atoms with Crippen molar-refractivity contribution in [3.8, 4) is 0 Å². The maximum absolute atomic E-state index is 3.47. The van der Waals surface area contributed by atoms with Crippen molar-refractivity contribution in [2.75, 3.05) is 7.05 Å². The number of rotatable bonds is 4. The van der Waals surface area contributed by atoms with Gasteiger partial charge in [-0.3, -0.25) is 0 Å². The number of hydrogen-bond donors (Lipinski definition) is 1. The fourth-order valence-electron chi connectivity index (χ4n) is 2.24. The first-order valence-corrected chi connectivity index (χ1v) is 5.48. The molecule has 0 bridgehead atoms. The van der Waals surface area contributed by atoms with Crippen molar-refractivity contribution in [3.05, 3.63) is 11.6 Å². The Morgan fingerprint density at radius 3 is 2.62 bits per heavy atom. The van der Waals surface area contributed by atoms with Gasteiger partial charge >= 0.3 is 0 Å². The summed E-state index contributed by atoms with van der Waals surface area (Å²) in [5, 5.41) is 3.47. The molecule has 0 saturated carbocycles. The molecule has 1 nitrogen and oxygen atoms in total. The van der Waals surface area contributed by atoms with E-state index in [1.54, 1.807) is 5.57 Å². The fraction of sp³-hybridized carbons (Fsp3) is 0.833. The number of nitrogens with one attached hydrogen (secondary N) is 1. The maximum Gasteiger partial charge on any atom is 0.0328 e. The van der Waals surface area contributed by atoms with Crippen LogP contribution in [0.25, 0.3) is 0 Å². The third-order valence-corrected chi connectivity index (χ3v) is 3.43. The van der Waals surface area contributed by atoms with Crippen molar-refractivity contribution < 1.29 is 0 Å². The van der Waals surface area contributed by atoms with Crippen LogP contribution in [0, 0.1) is 5.41 Å². The van der Waals surface area contributed by atoms with Gasteiger partial charge in [0.1, 0.15) is 0 Å². The lowest BCUT2D eigenvalue weighted by Crippen LogP contribution is -2.40. The highest BCUT2D eigenvalue weighted by Gasteiger charge is 2.29. The molecule has 1 N–H and O–H groups in total. The molecule has 0 aromatic carbocycles. The summed E-state index contributed by atoms with van der Waals surface area (Å²) >= 11 is 0. The zero-order chi connectivity index (χ0) is 9.90. The van der Waals surface area contributed by atoms with Gasteiger partial charge in [0.05, 0.1) is 0 Å². The average Bonchev–Trinajstić information content (AvgIpc) is 2.58. The molecule has 0 saturated heterocycles. The van der Waals surface area contributed by atoms with Crippen LogP contribution in [-0.4, -0.2) is 13.1 Å². The van der Waals surface area contributed by atoms with Crippen molar-refractivity contribution in [2.45, 2.75) is 52.5 Å². The first-order chi connectivity index (χ1) is 6.11. The van der Waals surface area contributed by atoms with Crippen molar-refractivity contribution in [1.82, 2.24) is 5.32 Å². The summed E-state index contributed by atoms with van der Waals surface area (Å²) in [7, 11) is 2.08. The molecule has 0 amide bonds. The minimum atomic E-state index is 0.394. The summed E-state index contributed by atoms with van der Waals surface area (Å²) < 4.78 is 0. The molecule has 0 radical (unpaired) electrons. The third-order valence-electron chi connectivity index (χ3n) is 3.43. The lowest BCUT2D eigenvalue weighted by atomic mass is 9.78. The Hall–Kier alpha value is -0.300. The molecular weight excluding hydrogens is 158 g/mol. The highest BCUT2D eigenvalue weighted by atomic mass is 14.9. The monoisotopic (exact) mass is 181 g/mol. The van der Waals surface area contributed by atoms with E-state index in [0.29, 0.717) is 11.5 Å².